The first-order chi connectivity index (χ1) is 13.1. The topological polar surface area (TPSA) is 73.6 Å². The van der Waals surface area contributed by atoms with Gasteiger partial charge in [0.05, 0.1) is 26.0 Å². The Hall–Kier alpha value is -3.28. The number of amides is 1. The largest absolute Gasteiger partial charge is 0.497 e. The van der Waals surface area contributed by atoms with Crippen molar-refractivity contribution in [2.75, 3.05) is 19.5 Å². The number of aromatic nitrogens is 1. The number of nitrogens with one attached hydrogen (secondary N) is 1. The van der Waals surface area contributed by atoms with E-state index in [0.29, 0.717) is 29.6 Å². The van der Waals surface area contributed by atoms with Gasteiger partial charge in [-0.25, -0.2) is 4.98 Å². The second kappa shape index (κ2) is 8.40. The Bertz CT molecular complexity index is 916. The van der Waals surface area contributed by atoms with Crippen LogP contribution < -0.4 is 14.8 Å². The summed E-state index contributed by atoms with van der Waals surface area (Å²) in [5.74, 6) is 2.34. The van der Waals surface area contributed by atoms with Gasteiger partial charge in [0.25, 0.3) is 0 Å². The quantitative estimate of drug-likeness (QED) is 0.677. The molecule has 3 rings (SSSR count). The lowest BCUT2D eigenvalue weighted by Gasteiger charge is -2.08. The highest BCUT2D eigenvalue weighted by Crippen LogP contribution is 2.33. The summed E-state index contributed by atoms with van der Waals surface area (Å²) in [7, 11) is 3.19. The number of hydrogen-bond acceptors (Lipinski definition) is 5. The lowest BCUT2D eigenvalue weighted by atomic mass is 10.1. The smallest absolute Gasteiger partial charge is 0.224 e. The predicted molar refractivity (Wildman–Crippen MR) is 103 cm³/mol. The zero-order valence-electron chi connectivity index (χ0n) is 15.6. The van der Waals surface area contributed by atoms with Crippen molar-refractivity contribution in [3.05, 3.63) is 60.1 Å². The highest BCUT2D eigenvalue weighted by Gasteiger charge is 2.13. The van der Waals surface area contributed by atoms with E-state index in [1.54, 1.807) is 26.5 Å². The van der Waals surface area contributed by atoms with Gasteiger partial charge in [-0.3, -0.25) is 4.79 Å². The molecule has 6 nitrogen and oxygen atoms in total. The maximum atomic E-state index is 12.1. The Morgan fingerprint density at radius 1 is 1.11 bits per heavy atom. The van der Waals surface area contributed by atoms with E-state index < -0.39 is 0 Å². The standard InChI is InChI=1S/C21H22N2O4/c1-14-4-6-15(7-5-14)23-20(24)10-11-21-22-13-19(27-21)17-9-8-16(25-2)12-18(17)26-3/h4-9,12-13H,10-11H2,1-3H3,(H,23,24). The maximum absolute atomic E-state index is 12.1. The zero-order chi connectivity index (χ0) is 19.2. The number of methoxy groups -OCH3 is 2. The minimum absolute atomic E-state index is 0.0827. The Morgan fingerprint density at radius 3 is 2.59 bits per heavy atom. The van der Waals surface area contributed by atoms with Crippen LogP contribution in [0.25, 0.3) is 11.3 Å². The van der Waals surface area contributed by atoms with Crippen LogP contribution in [0.2, 0.25) is 0 Å². The van der Waals surface area contributed by atoms with Crippen LogP contribution in [0, 0.1) is 6.92 Å². The summed E-state index contributed by atoms with van der Waals surface area (Å²) in [5, 5.41) is 2.87. The van der Waals surface area contributed by atoms with Crippen LogP contribution in [0.5, 0.6) is 11.5 Å². The molecule has 0 bridgehead atoms. The Morgan fingerprint density at radius 2 is 1.89 bits per heavy atom. The Kier molecular flexibility index (Phi) is 5.76. The molecule has 0 atom stereocenters. The van der Waals surface area contributed by atoms with E-state index in [9.17, 15) is 4.79 Å². The fourth-order valence-electron chi connectivity index (χ4n) is 2.63. The molecule has 1 aromatic heterocycles. The summed E-state index contributed by atoms with van der Waals surface area (Å²) in [6.45, 7) is 2.00. The van der Waals surface area contributed by atoms with Crippen molar-refractivity contribution in [2.45, 2.75) is 19.8 Å². The summed E-state index contributed by atoms with van der Waals surface area (Å²) in [4.78, 5) is 16.4. The lowest BCUT2D eigenvalue weighted by molar-refractivity contribution is -0.116. The van der Waals surface area contributed by atoms with Crippen molar-refractivity contribution in [2.24, 2.45) is 0 Å². The first-order valence-electron chi connectivity index (χ1n) is 8.62. The number of ether oxygens (including phenoxy) is 2. The van der Waals surface area contributed by atoms with E-state index in [1.807, 2.05) is 43.3 Å². The summed E-state index contributed by atoms with van der Waals surface area (Å²) >= 11 is 0. The van der Waals surface area contributed by atoms with Gasteiger partial charge in [-0.1, -0.05) is 17.7 Å². The summed E-state index contributed by atoms with van der Waals surface area (Å²) in [5.41, 5.74) is 2.71. The third-order valence-corrected chi connectivity index (χ3v) is 4.13. The monoisotopic (exact) mass is 366 g/mol. The molecule has 0 aliphatic rings. The molecular weight excluding hydrogens is 344 g/mol. The van der Waals surface area contributed by atoms with Crippen LogP contribution >= 0.6 is 0 Å². The van der Waals surface area contributed by atoms with Crippen LogP contribution in [0.4, 0.5) is 5.69 Å². The fraction of sp³-hybridized carbons (Fsp3) is 0.238. The average molecular weight is 366 g/mol. The van der Waals surface area contributed by atoms with Crippen LogP contribution in [0.1, 0.15) is 17.9 Å². The number of rotatable bonds is 7. The van der Waals surface area contributed by atoms with Crippen molar-refractivity contribution in [3.63, 3.8) is 0 Å². The van der Waals surface area contributed by atoms with Crippen LogP contribution in [-0.4, -0.2) is 25.1 Å². The van der Waals surface area contributed by atoms with E-state index in [0.717, 1.165) is 16.8 Å². The summed E-state index contributed by atoms with van der Waals surface area (Å²) in [6, 6.07) is 13.1. The highest BCUT2D eigenvalue weighted by atomic mass is 16.5. The molecule has 1 N–H and O–H groups in total. The third-order valence-electron chi connectivity index (χ3n) is 4.13. The molecule has 0 saturated carbocycles. The number of benzene rings is 2. The number of aryl methyl sites for hydroxylation is 2. The molecule has 3 aromatic rings. The van der Waals surface area contributed by atoms with Gasteiger partial charge in [-0.2, -0.15) is 0 Å². The fourth-order valence-corrected chi connectivity index (χ4v) is 2.63. The van der Waals surface area contributed by atoms with Gasteiger partial charge in [0.1, 0.15) is 11.5 Å². The van der Waals surface area contributed by atoms with E-state index >= 15 is 0 Å². The maximum Gasteiger partial charge on any atom is 0.224 e. The third kappa shape index (κ3) is 4.67. The molecule has 0 spiro atoms. The lowest BCUT2D eigenvalue weighted by Crippen LogP contribution is -2.12. The SMILES string of the molecule is COc1ccc(-c2cnc(CCC(=O)Nc3ccc(C)cc3)o2)c(OC)c1. The van der Waals surface area contributed by atoms with Crippen LogP contribution in [-0.2, 0) is 11.2 Å². The molecule has 1 heterocycles. The Balaban J connectivity index is 1.62. The molecule has 0 unspecified atom stereocenters. The van der Waals surface area contributed by atoms with Crippen molar-refractivity contribution in [1.82, 2.24) is 4.98 Å². The number of hydrogen-bond donors (Lipinski definition) is 1. The van der Waals surface area contributed by atoms with E-state index in [-0.39, 0.29) is 12.3 Å². The van der Waals surface area contributed by atoms with E-state index in [4.69, 9.17) is 13.9 Å². The van der Waals surface area contributed by atoms with Gasteiger partial charge < -0.3 is 19.2 Å². The molecule has 27 heavy (non-hydrogen) atoms. The molecule has 1 amide bonds. The molecule has 140 valence electrons. The molecular formula is C21H22N2O4. The minimum Gasteiger partial charge on any atom is -0.497 e. The van der Waals surface area contributed by atoms with Gasteiger partial charge >= 0.3 is 0 Å². The van der Waals surface area contributed by atoms with Crippen molar-refractivity contribution in [1.29, 1.82) is 0 Å². The van der Waals surface area contributed by atoms with Gasteiger partial charge in [-0.05, 0) is 31.2 Å². The van der Waals surface area contributed by atoms with Gasteiger partial charge in [0.15, 0.2) is 11.7 Å². The molecule has 2 aromatic carbocycles. The number of carbonyl (C=O) groups excluding carboxylic acids is 1. The van der Waals surface area contributed by atoms with Crippen LogP contribution in [0.3, 0.4) is 0 Å². The second-order valence-electron chi connectivity index (χ2n) is 6.10. The predicted octanol–water partition coefficient (Wildman–Crippen LogP) is 4.24. The highest BCUT2D eigenvalue weighted by molar-refractivity contribution is 5.90. The first kappa shape index (κ1) is 18.5. The normalized spacial score (nSPS) is 10.5. The minimum atomic E-state index is -0.0827. The van der Waals surface area contributed by atoms with Crippen LogP contribution in [0.15, 0.2) is 53.1 Å². The molecule has 0 fully saturated rings. The number of anilines is 1. The van der Waals surface area contributed by atoms with Gasteiger partial charge in [0, 0.05) is 24.6 Å². The molecule has 0 radical (unpaired) electrons. The Labute approximate surface area is 158 Å². The first-order valence-corrected chi connectivity index (χ1v) is 8.62. The van der Waals surface area contributed by atoms with Crippen molar-refractivity contribution in [3.8, 4) is 22.8 Å². The summed E-state index contributed by atoms with van der Waals surface area (Å²) < 4.78 is 16.4. The second-order valence-corrected chi connectivity index (χ2v) is 6.10. The average Bonchev–Trinajstić information content (AvgIpc) is 3.16. The summed E-state index contributed by atoms with van der Waals surface area (Å²) in [6.07, 6.45) is 2.33. The van der Waals surface area contributed by atoms with Gasteiger partial charge in [-0.15, -0.1) is 0 Å². The molecule has 0 aliphatic heterocycles. The molecule has 6 heteroatoms. The van der Waals surface area contributed by atoms with E-state index in [1.165, 1.54) is 0 Å². The van der Waals surface area contributed by atoms with Crippen molar-refractivity contribution >= 4 is 11.6 Å². The molecule has 0 aliphatic carbocycles. The van der Waals surface area contributed by atoms with Gasteiger partial charge in [0.2, 0.25) is 5.91 Å². The zero-order valence-corrected chi connectivity index (χ0v) is 15.6. The van der Waals surface area contributed by atoms with Crippen molar-refractivity contribution < 1.29 is 18.7 Å². The molecule has 0 saturated heterocycles. The number of nitrogens with zero attached hydrogens (tertiary/aromatic N) is 1. The van der Waals surface area contributed by atoms with E-state index in [2.05, 4.69) is 10.3 Å². The number of oxazole rings is 1. The number of carbonyl (C=O) groups is 1.